The van der Waals surface area contributed by atoms with Crippen LogP contribution in [0.1, 0.15) is 72.1 Å². The third-order valence-corrected chi connectivity index (χ3v) is 37.3. The standard InChI is InChI=1S/C13H19NO.C13H9.C2H7Si.2ClH.Ti/c1-8(2)10-6-5-7-11(9(3)4)12(10)13(14)15;1-3-7-12-10(5-1)9-11-6-2-4-8-13(11)12;1-3-2;;;/h5-9H,1-4H3,(H2,14,15);1-5,7-8H,9H2;3H,1-2H3;2*1H;/q;;;;;+3/p-3. The molecule has 2 nitrogen and oxygen atoms in total. The van der Waals surface area contributed by atoms with Crippen LogP contribution in [-0.2, 0) is 19.1 Å². The molecule has 1 amide bonds. The van der Waals surface area contributed by atoms with E-state index in [1.807, 2.05) is 12.1 Å². The zero-order chi connectivity index (χ0) is 24.9. The van der Waals surface area contributed by atoms with Crippen molar-refractivity contribution in [2.75, 3.05) is 0 Å². The first-order valence-electron chi connectivity index (χ1n) is 12.2. The van der Waals surface area contributed by atoms with E-state index in [1.54, 1.807) is 0 Å². The van der Waals surface area contributed by atoms with Gasteiger partial charge in [0, 0.05) is 0 Å². The van der Waals surface area contributed by atoms with Crippen molar-refractivity contribution in [1.29, 1.82) is 0 Å². The van der Waals surface area contributed by atoms with Crippen LogP contribution in [-0.4, -0.2) is 12.6 Å². The average Bonchev–Trinajstić information content (AvgIpc) is 3.16. The summed E-state index contributed by atoms with van der Waals surface area (Å²) in [6.45, 7) is 11.1. The Morgan fingerprint density at radius 3 is 2.00 bits per heavy atom. The number of hydrogen-bond acceptors (Lipinski definition) is 1. The summed E-state index contributed by atoms with van der Waals surface area (Å²) in [6, 6.07) is 20.9. The van der Waals surface area contributed by atoms with E-state index in [4.69, 9.17) is 18.6 Å². The number of hydrogen-bond donors (Lipinski definition) is 1. The monoisotopic (exact) mass is 546 g/mol. The van der Waals surface area contributed by atoms with Crippen molar-refractivity contribution < 1.29 is 17.5 Å². The second-order valence-electron chi connectivity index (χ2n) is 10.5. The van der Waals surface area contributed by atoms with Crippen molar-refractivity contribution >= 4 is 35.0 Å². The van der Waals surface area contributed by atoms with Gasteiger partial charge in [-0.2, -0.15) is 0 Å². The van der Waals surface area contributed by atoms with Crippen LogP contribution in [0.2, 0.25) is 13.1 Å². The number of amides is 1. The summed E-state index contributed by atoms with van der Waals surface area (Å²) in [5.74, 6) is 0.315. The van der Waals surface area contributed by atoms with Gasteiger partial charge < -0.3 is 0 Å². The van der Waals surface area contributed by atoms with Crippen molar-refractivity contribution in [3.8, 4) is 11.1 Å². The fraction of sp³-hybridized carbons (Fsp3) is 0.321. The summed E-state index contributed by atoms with van der Waals surface area (Å²) in [5.41, 5.74) is 7.74. The number of halogens is 2. The van der Waals surface area contributed by atoms with E-state index >= 15 is 0 Å². The van der Waals surface area contributed by atoms with Crippen LogP contribution >= 0.6 is 18.6 Å². The van der Waals surface area contributed by atoms with Crippen LogP contribution in [0, 0.1) is 0 Å². The van der Waals surface area contributed by atoms with Crippen molar-refractivity contribution in [2.24, 2.45) is 0 Å². The molecular formula is C28H34Cl2NOSiTi. The molecule has 6 heteroatoms. The van der Waals surface area contributed by atoms with Gasteiger partial charge in [0.2, 0.25) is 0 Å². The van der Waals surface area contributed by atoms with E-state index in [-0.39, 0.29) is 17.7 Å². The van der Waals surface area contributed by atoms with E-state index in [0.29, 0.717) is 0 Å². The molecule has 0 fully saturated rings. The zero-order valence-electron chi connectivity index (χ0n) is 20.9. The van der Waals surface area contributed by atoms with Gasteiger partial charge in [0.1, 0.15) is 0 Å². The van der Waals surface area contributed by atoms with Crippen molar-refractivity contribution in [3.05, 3.63) is 88.5 Å². The van der Waals surface area contributed by atoms with Gasteiger partial charge in [0.05, 0.1) is 0 Å². The molecule has 0 bridgehead atoms. The van der Waals surface area contributed by atoms with Gasteiger partial charge in [0.25, 0.3) is 0 Å². The van der Waals surface area contributed by atoms with Crippen LogP contribution in [0.4, 0.5) is 0 Å². The van der Waals surface area contributed by atoms with Gasteiger partial charge in [-0.1, -0.05) is 0 Å². The molecule has 0 radical (unpaired) electrons. The normalized spacial score (nSPS) is 14.1. The van der Waals surface area contributed by atoms with Crippen LogP contribution in [0.3, 0.4) is 0 Å². The fourth-order valence-electron chi connectivity index (χ4n) is 5.19. The maximum atomic E-state index is 14.1. The van der Waals surface area contributed by atoms with E-state index in [1.165, 1.54) is 22.3 Å². The molecule has 1 aliphatic rings. The Morgan fingerprint density at radius 1 is 0.853 bits per heavy atom. The summed E-state index contributed by atoms with van der Waals surface area (Å²) in [7, 11) is 15.4. The van der Waals surface area contributed by atoms with E-state index in [2.05, 4.69) is 93.1 Å². The predicted molar refractivity (Wildman–Crippen MR) is 147 cm³/mol. The van der Waals surface area contributed by atoms with Crippen LogP contribution in [0.15, 0.2) is 60.7 Å². The van der Waals surface area contributed by atoms with Crippen LogP contribution in [0.5, 0.6) is 0 Å². The molecule has 0 heterocycles. The quantitative estimate of drug-likeness (QED) is 0.250. The van der Waals surface area contributed by atoms with Gasteiger partial charge in [0.15, 0.2) is 0 Å². The molecule has 3 aromatic rings. The molecule has 0 saturated carbocycles. The van der Waals surface area contributed by atoms with Crippen molar-refractivity contribution in [2.45, 2.75) is 59.0 Å². The van der Waals surface area contributed by atoms with Crippen LogP contribution in [0.25, 0.3) is 11.1 Å². The van der Waals surface area contributed by atoms with Crippen LogP contribution < -0.4 is 7.67 Å². The molecule has 0 atom stereocenters. The maximum absolute atomic E-state index is 14.1. The number of nitrogens with one attached hydrogen (secondary N) is 1. The molecule has 0 unspecified atom stereocenters. The second kappa shape index (κ2) is 9.26. The molecule has 0 saturated heterocycles. The topological polar surface area (TPSA) is 29.1 Å². The number of benzene rings is 3. The van der Waals surface area contributed by atoms with Gasteiger partial charge in [-0.3, -0.25) is 0 Å². The average molecular weight is 547 g/mol. The molecule has 0 aliphatic heterocycles. The molecular weight excluding hydrogens is 513 g/mol. The van der Waals surface area contributed by atoms with E-state index < -0.39 is 19.4 Å². The number of carbonyl (C=O) groups is 1. The molecule has 0 spiro atoms. The Kier molecular flexibility index (Phi) is 7.01. The van der Waals surface area contributed by atoms with E-state index in [0.717, 1.165) is 27.0 Å². The predicted octanol–water partition coefficient (Wildman–Crippen LogP) is 7.46. The first kappa shape index (κ1) is 25.7. The minimum absolute atomic E-state index is 0.121. The summed E-state index contributed by atoms with van der Waals surface area (Å²) >= 11 is -4.67. The Hall–Kier alpha value is -1.36. The SMILES string of the molecule is CC(C)c1cccc(C(C)C)c1C(=O)[NH][Ti]([Cl])([Cl])([c]1cccc2c1Cc1ccccc1-2)[SiH](C)C. The van der Waals surface area contributed by atoms with Gasteiger partial charge in [-0.05, 0) is 0 Å². The Balaban J connectivity index is 1.87. The second-order valence-corrected chi connectivity index (χ2v) is 37.9. The molecule has 3 aromatic carbocycles. The summed E-state index contributed by atoms with van der Waals surface area (Å²) in [6.07, 6.45) is 0.803. The number of carbonyl (C=O) groups excluding carboxylic acids is 1. The van der Waals surface area contributed by atoms with E-state index in [9.17, 15) is 4.79 Å². The zero-order valence-corrected chi connectivity index (χ0v) is 25.1. The minimum atomic E-state index is -4.67. The first-order chi connectivity index (χ1) is 15.9. The Bertz CT molecular complexity index is 1240. The molecule has 0 aromatic heterocycles. The van der Waals surface area contributed by atoms with Crippen molar-refractivity contribution in [1.82, 2.24) is 3.80 Å². The van der Waals surface area contributed by atoms with Gasteiger partial charge in [-0.15, -0.1) is 0 Å². The summed E-state index contributed by atoms with van der Waals surface area (Å²) < 4.78 is 4.39. The third kappa shape index (κ3) is 4.24. The van der Waals surface area contributed by atoms with Gasteiger partial charge in [-0.25, -0.2) is 0 Å². The number of rotatable bonds is 6. The summed E-state index contributed by atoms with van der Waals surface area (Å²) in [5, 5.41) is 0. The molecule has 4 rings (SSSR count). The first-order valence-corrected chi connectivity index (χ1v) is 23.6. The van der Waals surface area contributed by atoms with Crippen molar-refractivity contribution in [3.63, 3.8) is 0 Å². The molecule has 34 heavy (non-hydrogen) atoms. The summed E-state index contributed by atoms with van der Waals surface area (Å²) in [4.78, 5) is 14.1. The molecule has 1 aliphatic carbocycles. The Morgan fingerprint density at radius 2 is 1.41 bits per heavy atom. The Labute approximate surface area is 213 Å². The fourth-order valence-corrected chi connectivity index (χ4v) is 17.1. The molecule has 179 valence electrons. The number of fused-ring (bicyclic) bond motifs is 3. The molecule has 1 N–H and O–H groups in total. The van der Waals surface area contributed by atoms with Gasteiger partial charge >= 0.3 is 215 Å². The third-order valence-electron chi connectivity index (χ3n) is 7.30.